The summed E-state index contributed by atoms with van der Waals surface area (Å²) in [5, 5.41) is 17.0. The molecular weight excluding hydrogens is 280 g/mol. The second-order valence-corrected chi connectivity index (χ2v) is 4.58. The Bertz CT molecular complexity index is 184. The molecule has 7 nitrogen and oxygen atoms in total. The smallest absolute Gasteiger partial charge is 0.0785 e. The van der Waals surface area contributed by atoms with E-state index in [1.165, 1.54) is 0 Å². The number of rotatable bonds is 16. The third-order valence-electron chi connectivity index (χ3n) is 2.39. The summed E-state index contributed by atoms with van der Waals surface area (Å²) in [6, 6.07) is 0. The maximum Gasteiger partial charge on any atom is 0.0785 e. The fourth-order valence-electron chi connectivity index (χ4n) is 1.54. The Kier molecular flexibility index (Phi) is 15.9. The van der Waals surface area contributed by atoms with Crippen LogP contribution in [0.25, 0.3) is 0 Å². The molecule has 0 aromatic heterocycles. The second-order valence-electron chi connectivity index (χ2n) is 4.58. The van der Waals surface area contributed by atoms with Gasteiger partial charge in [-0.15, -0.1) is 0 Å². The summed E-state index contributed by atoms with van der Waals surface area (Å²) in [5.74, 6) is 0. The van der Waals surface area contributed by atoms with Gasteiger partial charge in [-0.1, -0.05) is 0 Å². The number of ether oxygens (including phenoxy) is 5. The molecule has 0 amide bonds. The average molecular weight is 310 g/mol. The van der Waals surface area contributed by atoms with Crippen LogP contribution in [0.15, 0.2) is 0 Å². The Balaban J connectivity index is 3.33. The topological polar surface area (TPSA) is 86.6 Å². The van der Waals surface area contributed by atoms with E-state index in [9.17, 15) is 0 Å². The van der Waals surface area contributed by atoms with E-state index in [0.717, 1.165) is 0 Å². The molecule has 0 fully saturated rings. The van der Waals surface area contributed by atoms with Crippen LogP contribution in [0, 0.1) is 0 Å². The Morgan fingerprint density at radius 2 is 1.00 bits per heavy atom. The summed E-state index contributed by atoms with van der Waals surface area (Å²) in [6.07, 6.45) is -0.0424. The summed E-state index contributed by atoms with van der Waals surface area (Å²) in [5.41, 5.74) is 0. The van der Waals surface area contributed by atoms with Crippen molar-refractivity contribution in [2.75, 3.05) is 66.1 Å². The van der Waals surface area contributed by atoms with Gasteiger partial charge in [0.1, 0.15) is 0 Å². The van der Waals surface area contributed by atoms with E-state index in [4.69, 9.17) is 33.9 Å². The lowest BCUT2D eigenvalue weighted by Gasteiger charge is -2.19. The Morgan fingerprint density at radius 1 is 0.619 bits per heavy atom. The molecule has 0 rings (SSSR count). The summed E-state index contributed by atoms with van der Waals surface area (Å²) < 4.78 is 26.6. The molecule has 0 bridgehead atoms. The van der Waals surface area contributed by atoms with E-state index < -0.39 is 0 Å². The van der Waals surface area contributed by atoms with Crippen molar-refractivity contribution in [3.63, 3.8) is 0 Å². The lowest BCUT2D eigenvalue weighted by molar-refractivity contribution is -0.0805. The first-order chi connectivity index (χ1) is 10.2. The third kappa shape index (κ3) is 15.9. The fraction of sp³-hybridized carbons (Fsp3) is 1.00. The van der Waals surface area contributed by atoms with E-state index in [2.05, 4.69) is 0 Å². The molecule has 0 saturated carbocycles. The third-order valence-corrected chi connectivity index (χ3v) is 2.39. The molecule has 0 aliphatic rings. The first kappa shape index (κ1) is 20.7. The monoisotopic (exact) mass is 310 g/mol. The van der Waals surface area contributed by atoms with Gasteiger partial charge in [0, 0.05) is 0 Å². The largest absolute Gasteiger partial charge is 0.394 e. The van der Waals surface area contributed by atoms with Gasteiger partial charge in [-0.3, -0.25) is 0 Å². The van der Waals surface area contributed by atoms with Gasteiger partial charge in [0.25, 0.3) is 0 Å². The zero-order valence-corrected chi connectivity index (χ0v) is 13.2. The van der Waals surface area contributed by atoms with Crippen molar-refractivity contribution in [3.05, 3.63) is 0 Å². The van der Waals surface area contributed by atoms with Crippen molar-refractivity contribution in [1.82, 2.24) is 0 Å². The van der Waals surface area contributed by atoms with Crippen LogP contribution in [0.4, 0.5) is 0 Å². The number of aliphatic hydroxyl groups excluding tert-OH is 2. The van der Waals surface area contributed by atoms with Crippen LogP contribution in [-0.4, -0.2) is 88.5 Å². The van der Waals surface area contributed by atoms with Crippen molar-refractivity contribution in [2.45, 2.75) is 26.1 Å². The van der Waals surface area contributed by atoms with Crippen LogP contribution >= 0.6 is 0 Å². The normalized spacial score (nSPS) is 14.3. The van der Waals surface area contributed by atoms with E-state index >= 15 is 0 Å². The molecular formula is C14H30O7. The van der Waals surface area contributed by atoms with Gasteiger partial charge >= 0.3 is 0 Å². The molecule has 0 aromatic rings. The minimum atomic E-state index is -0.0212. The Morgan fingerprint density at radius 3 is 1.38 bits per heavy atom. The maximum absolute atomic E-state index is 8.52. The van der Waals surface area contributed by atoms with E-state index in [0.29, 0.717) is 52.9 Å². The minimum absolute atomic E-state index is 0.0212. The summed E-state index contributed by atoms with van der Waals surface area (Å²) in [4.78, 5) is 0. The highest BCUT2D eigenvalue weighted by Gasteiger charge is 2.09. The van der Waals surface area contributed by atoms with Crippen LogP contribution in [0.5, 0.6) is 0 Å². The SMILES string of the molecule is CC(COCCOCCO)OC(C)COCCOCCO. The van der Waals surface area contributed by atoms with Crippen molar-refractivity contribution >= 4 is 0 Å². The second kappa shape index (κ2) is 16.1. The standard InChI is InChI=1S/C14H30O7/c1-13(11-19-9-7-17-5-3-15)21-14(2)12-20-10-8-18-6-4-16/h13-16H,3-12H2,1-2H3. The van der Waals surface area contributed by atoms with Crippen molar-refractivity contribution < 1.29 is 33.9 Å². The van der Waals surface area contributed by atoms with Crippen molar-refractivity contribution in [1.29, 1.82) is 0 Å². The van der Waals surface area contributed by atoms with Crippen molar-refractivity contribution in [3.8, 4) is 0 Å². The van der Waals surface area contributed by atoms with Gasteiger partial charge in [0.2, 0.25) is 0 Å². The highest BCUT2D eigenvalue weighted by molar-refractivity contribution is 4.54. The minimum Gasteiger partial charge on any atom is -0.394 e. The molecule has 0 spiro atoms. The predicted molar refractivity (Wildman–Crippen MR) is 77.5 cm³/mol. The number of aliphatic hydroxyl groups is 2. The summed E-state index contributed by atoms with van der Waals surface area (Å²) in [7, 11) is 0. The zero-order valence-electron chi connectivity index (χ0n) is 13.2. The molecule has 2 atom stereocenters. The maximum atomic E-state index is 8.52. The summed E-state index contributed by atoms with van der Waals surface area (Å²) >= 11 is 0. The van der Waals surface area contributed by atoms with Gasteiger partial charge in [0.05, 0.1) is 78.3 Å². The number of hydrogen-bond donors (Lipinski definition) is 2. The van der Waals surface area contributed by atoms with Gasteiger partial charge in [-0.2, -0.15) is 0 Å². The number of hydrogen-bond acceptors (Lipinski definition) is 7. The molecule has 21 heavy (non-hydrogen) atoms. The summed E-state index contributed by atoms with van der Waals surface area (Å²) in [6.45, 7) is 7.52. The highest BCUT2D eigenvalue weighted by Crippen LogP contribution is 2.00. The molecule has 128 valence electrons. The van der Waals surface area contributed by atoms with E-state index in [-0.39, 0.29) is 25.4 Å². The zero-order chi connectivity index (χ0) is 15.8. The molecule has 0 aliphatic carbocycles. The fourth-order valence-corrected chi connectivity index (χ4v) is 1.54. The van der Waals surface area contributed by atoms with Crippen LogP contribution in [-0.2, 0) is 23.7 Å². The van der Waals surface area contributed by atoms with Gasteiger partial charge < -0.3 is 33.9 Å². The Labute approximate surface area is 127 Å². The quantitative estimate of drug-likeness (QED) is 0.383. The molecule has 7 heteroatoms. The van der Waals surface area contributed by atoms with Crippen LogP contribution in [0.1, 0.15) is 13.8 Å². The molecule has 2 N–H and O–H groups in total. The first-order valence-electron chi connectivity index (χ1n) is 7.38. The lowest BCUT2D eigenvalue weighted by atomic mass is 10.4. The van der Waals surface area contributed by atoms with Crippen LogP contribution in [0.3, 0.4) is 0 Å². The van der Waals surface area contributed by atoms with Crippen molar-refractivity contribution in [2.24, 2.45) is 0 Å². The molecule has 0 aromatic carbocycles. The molecule has 0 radical (unpaired) electrons. The first-order valence-corrected chi connectivity index (χ1v) is 7.38. The van der Waals surface area contributed by atoms with Gasteiger partial charge in [0.15, 0.2) is 0 Å². The van der Waals surface area contributed by atoms with E-state index in [1.54, 1.807) is 0 Å². The van der Waals surface area contributed by atoms with Crippen LogP contribution < -0.4 is 0 Å². The lowest BCUT2D eigenvalue weighted by Crippen LogP contribution is -2.26. The predicted octanol–water partition coefficient (Wildman–Crippen LogP) is -0.169. The average Bonchev–Trinajstić information content (AvgIpc) is 2.46. The van der Waals surface area contributed by atoms with E-state index in [1.807, 2.05) is 13.8 Å². The van der Waals surface area contributed by atoms with Gasteiger partial charge in [-0.05, 0) is 13.8 Å². The van der Waals surface area contributed by atoms with Gasteiger partial charge in [-0.25, -0.2) is 0 Å². The molecule has 2 unspecified atom stereocenters. The van der Waals surface area contributed by atoms with Crippen LogP contribution in [0.2, 0.25) is 0 Å². The Hall–Kier alpha value is -0.280. The molecule has 0 heterocycles. The molecule has 0 saturated heterocycles. The highest BCUT2D eigenvalue weighted by atomic mass is 16.6. The molecule has 0 aliphatic heterocycles.